The molecule has 58 heavy (non-hydrogen) atoms. The first-order chi connectivity index (χ1) is 28.3. The monoisotopic (exact) mass is 784 g/mol. The van der Waals surface area contributed by atoms with E-state index in [0.29, 0.717) is 78.0 Å². The molecule has 0 aliphatic carbocycles. The molecule has 6 heterocycles. The molecule has 9 rings (SSSR count). The lowest BCUT2D eigenvalue weighted by Crippen LogP contribution is -2.52. The number of nitrogens with zero attached hydrogens (tertiary/aromatic N) is 6. The van der Waals surface area contributed by atoms with Crippen molar-refractivity contribution in [2.75, 3.05) is 76.7 Å². The lowest BCUT2D eigenvalue weighted by Gasteiger charge is -2.40. The van der Waals surface area contributed by atoms with Gasteiger partial charge >= 0.3 is 0 Å². The Balaban J connectivity index is 1.15. The number of methoxy groups -OCH3 is 1. The summed E-state index contributed by atoms with van der Waals surface area (Å²) in [7, 11) is 5.57. The molecule has 1 fully saturated rings. The molecule has 2 amide bonds. The number of morpholine rings is 1. The third-order valence-corrected chi connectivity index (χ3v) is 11.9. The zero-order chi connectivity index (χ0) is 39.9. The fourth-order valence-electron chi connectivity index (χ4n) is 8.78. The molecule has 0 saturated carbocycles. The topological polar surface area (TPSA) is 122 Å². The number of hydrogen-bond donors (Lipinski definition) is 1. The van der Waals surface area contributed by atoms with Crippen molar-refractivity contribution in [2.24, 2.45) is 7.05 Å². The van der Waals surface area contributed by atoms with Gasteiger partial charge in [-0.2, -0.15) is 0 Å². The van der Waals surface area contributed by atoms with E-state index in [1.807, 2.05) is 47.8 Å². The number of benzene rings is 3. The van der Waals surface area contributed by atoms with E-state index in [2.05, 4.69) is 28.0 Å². The van der Waals surface area contributed by atoms with Gasteiger partial charge < -0.3 is 38.4 Å². The van der Waals surface area contributed by atoms with Crippen LogP contribution in [0.5, 0.6) is 17.2 Å². The number of amides is 2. The lowest BCUT2D eigenvalue weighted by atomic mass is 9.92. The van der Waals surface area contributed by atoms with Crippen LogP contribution in [0.1, 0.15) is 43.1 Å². The number of anilines is 3. The third-order valence-electron chi connectivity index (χ3n) is 11.9. The number of pyridine rings is 1. The van der Waals surface area contributed by atoms with Crippen molar-refractivity contribution in [1.29, 1.82) is 0 Å². The van der Waals surface area contributed by atoms with Crippen molar-refractivity contribution in [3.63, 3.8) is 0 Å². The number of likely N-dealkylation sites (N-methyl/N-ethyl adjacent to an activating group) is 1. The Bertz CT molecular complexity index is 2350. The molecule has 1 saturated heterocycles. The van der Waals surface area contributed by atoms with Crippen LogP contribution in [0.25, 0.3) is 11.3 Å². The number of hydrogen-bond acceptors (Lipinski definition) is 10. The number of fused-ring (bicyclic) bond motifs is 3. The molecule has 5 aromatic rings. The lowest BCUT2D eigenvalue weighted by molar-refractivity contribution is 0.0193. The number of aromatic nitrogens is 2. The van der Waals surface area contributed by atoms with Crippen LogP contribution in [0.4, 0.5) is 17.2 Å². The van der Waals surface area contributed by atoms with Crippen molar-refractivity contribution in [2.45, 2.75) is 31.8 Å². The minimum atomic E-state index is -0.279. The fraction of sp³-hybridized carbons (Fsp3) is 0.356. The highest BCUT2D eigenvalue weighted by Crippen LogP contribution is 2.42. The molecule has 1 N–H and O–H groups in total. The Morgan fingerprint density at radius 1 is 0.897 bits per heavy atom. The molecule has 2 aromatic heterocycles. The summed E-state index contributed by atoms with van der Waals surface area (Å²) in [6, 6.07) is 22.5. The first-order valence-corrected chi connectivity index (χ1v) is 19.9. The van der Waals surface area contributed by atoms with Crippen LogP contribution in [0.3, 0.4) is 0 Å². The van der Waals surface area contributed by atoms with Crippen LogP contribution in [-0.4, -0.2) is 109 Å². The van der Waals surface area contributed by atoms with E-state index >= 15 is 9.59 Å². The standard InChI is InChI=1S/C45H48N6O7/c1-47-14-12-30-21-33(25-46-43(30)47)51(32-8-10-35(52)11-9-32)45(54)38-22-40(48(2)39(38)13-17-55-3)36-23-41-42(58-28-57-41)24-37(36)44(53)50-26-31-7-5-4-6-29(31)20-34(50)27-49-15-18-56-19-16-49/h4-11,21-25,34,52H,12-20,26-28H2,1-3H3/t34-/m0/s1. The maximum Gasteiger partial charge on any atom is 0.264 e. The van der Waals surface area contributed by atoms with Crippen molar-refractivity contribution >= 4 is 29.0 Å². The van der Waals surface area contributed by atoms with Crippen molar-refractivity contribution in [3.8, 4) is 28.5 Å². The summed E-state index contributed by atoms with van der Waals surface area (Å²) < 4.78 is 25.0. The molecule has 0 radical (unpaired) electrons. The minimum Gasteiger partial charge on any atom is -0.508 e. The van der Waals surface area contributed by atoms with E-state index in [1.165, 1.54) is 5.56 Å². The fourth-order valence-corrected chi connectivity index (χ4v) is 8.78. The van der Waals surface area contributed by atoms with Gasteiger partial charge in [0.2, 0.25) is 6.79 Å². The largest absolute Gasteiger partial charge is 0.508 e. The Kier molecular flexibility index (Phi) is 10.3. The van der Waals surface area contributed by atoms with Gasteiger partial charge in [0.25, 0.3) is 11.8 Å². The van der Waals surface area contributed by atoms with Gasteiger partial charge in [-0.25, -0.2) is 4.98 Å². The average molecular weight is 785 g/mol. The van der Waals surface area contributed by atoms with Gasteiger partial charge in [0.15, 0.2) is 11.5 Å². The molecule has 0 spiro atoms. The van der Waals surface area contributed by atoms with Crippen LogP contribution in [0.15, 0.2) is 79.0 Å². The van der Waals surface area contributed by atoms with Crippen LogP contribution in [0.2, 0.25) is 0 Å². The number of phenolic OH excluding ortho intramolecular Hbond substituents is 1. The van der Waals surface area contributed by atoms with Crippen molar-refractivity contribution in [1.82, 2.24) is 19.4 Å². The Morgan fingerprint density at radius 2 is 1.66 bits per heavy atom. The molecule has 13 nitrogen and oxygen atoms in total. The van der Waals surface area contributed by atoms with E-state index in [1.54, 1.807) is 48.5 Å². The Morgan fingerprint density at radius 3 is 2.43 bits per heavy atom. The number of carbonyl (C=O) groups is 2. The number of aromatic hydroxyl groups is 1. The predicted octanol–water partition coefficient (Wildman–Crippen LogP) is 5.58. The Hall–Kier alpha value is -5.89. The Labute approximate surface area is 337 Å². The summed E-state index contributed by atoms with van der Waals surface area (Å²) in [5.74, 6) is 1.64. The molecule has 0 unspecified atom stereocenters. The van der Waals surface area contributed by atoms with Gasteiger partial charge in [-0.05, 0) is 78.1 Å². The number of rotatable bonds is 10. The number of phenols is 1. The maximum absolute atomic E-state index is 15.2. The van der Waals surface area contributed by atoms with Crippen molar-refractivity contribution in [3.05, 3.63) is 113 Å². The van der Waals surface area contributed by atoms with E-state index in [9.17, 15) is 5.11 Å². The molecular weight excluding hydrogens is 737 g/mol. The quantitative estimate of drug-likeness (QED) is 0.192. The molecule has 0 bridgehead atoms. The SMILES string of the molecule is COCCc1c(C(=O)N(c2ccc(O)cc2)c2cnc3c(c2)CCN3C)cc(-c2cc3c(cc2C(=O)N2Cc4ccccc4C[C@H]2CN2CCOCC2)OCO3)n1C. The van der Waals surface area contributed by atoms with Crippen LogP contribution in [-0.2, 0) is 42.3 Å². The summed E-state index contributed by atoms with van der Waals surface area (Å²) in [4.78, 5) is 43.4. The van der Waals surface area contributed by atoms with E-state index in [4.69, 9.17) is 23.9 Å². The molecule has 300 valence electrons. The molecule has 1 atom stereocenters. The average Bonchev–Trinajstić information content (AvgIpc) is 3.96. The van der Waals surface area contributed by atoms with Gasteiger partial charge in [0.05, 0.1) is 42.8 Å². The summed E-state index contributed by atoms with van der Waals surface area (Å²) in [5.41, 5.74) is 7.62. The predicted molar refractivity (Wildman–Crippen MR) is 219 cm³/mol. The second kappa shape index (κ2) is 15.8. The molecular formula is C45H48N6O7. The molecule has 4 aliphatic rings. The molecule has 13 heteroatoms. The van der Waals surface area contributed by atoms with Gasteiger partial charge in [0.1, 0.15) is 11.6 Å². The zero-order valence-corrected chi connectivity index (χ0v) is 33.1. The summed E-state index contributed by atoms with van der Waals surface area (Å²) in [6.07, 6.45) is 3.71. The van der Waals surface area contributed by atoms with Crippen molar-refractivity contribution < 1.29 is 33.6 Å². The zero-order valence-electron chi connectivity index (χ0n) is 33.1. The van der Waals surface area contributed by atoms with Gasteiger partial charge in [-0.15, -0.1) is 0 Å². The smallest absolute Gasteiger partial charge is 0.264 e. The number of ether oxygens (including phenoxy) is 4. The second-order valence-electron chi connectivity index (χ2n) is 15.4. The van der Waals surface area contributed by atoms with Gasteiger partial charge in [-0.1, -0.05) is 24.3 Å². The number of carbonyl (C=O) groups excluding carboxylic acids is 2. The van der Waals surface area contributed by atoms with Crippen LogP contribution < -0.4 is 19.3 Å². The first-order valence-electron chi connectivity index (χ1n) is 19.9. The highest BCUT2D eigenvalue weighted by molar-refractivity contribution is 6.13. The van der Waals surface area contributed by atoms with Crippen LogP contribution >= 0.6 is 0 Å². The van der Waals surface area contributed by atoms with Gasteiger partial charge in [-0.3, -0.25) is 19.4 Å². The van der Waals surface area contributed by atoms with E-state index in [0.717, 1.165) is 61.7 Å². The molecule has 4 aliphatic heterocycles. The molecule has 3 aromatic carbocycles. The van der Waals surface area contributed by atoms with E-state index < -0.39 is 0 Å². The maximum atomic E-state index is 15.2. The summed E-state index contributed by atoms with van der Waals surface area (Å²) in [6.45, 7) is 5.45. The summed E-state index contributed by atoms with van der Waals surface area (Å²) in [5, 5.41) is 10.2. The minimum absolute atomic E-state index is 0.0469. The third kappa shape index (κ3) is 7.03. The summed E-state index contributed by atoms with van der Waals surface area (Å²) >= 11 is 0. The first kappa shape index (κ1) is 37.7. The normalized spacial score (nSPS) is 17.3. The highest BCUT2D eigenvalue weighted by atomic mass is 16.7. The van der Waals surface area contributed by atoms with E-state index in [-0.39, 0.29) is 30.4 Å². The van der Waals surface area contributed by atoms with Crippen LogP contribution in [0, 0.1) is 0 Å². The second-order valence-corrected chi connectivity index (χ2v) is 15.4. The highest BCUT2D eigenvalue weighted by Gasteiger charge is 2.36. The van der Waals surface area contributed by atoms with Gasteiger partial charge in [0, 0.05) is 89.0 Å².